The summed E-state index contributed by atoms with van der Waals surface area (Å²) in [4.78, 5) is 9.39. The van der Waals surface area contributed by atoms with Crippen molar-refractivity contribution in [3.05, 3.63) is 83.2 Å². The molecule has 6 rings (SSSR count). The fraction of sp³-hybridized carbons (Fsp3) is 0.394. The lowest BCUT2D eigenvalue weighted by Crippen LogP contribution is -2.22. The van der Waals surface area contributed by atoms with Crippen molar-refractivity contribution in [3.8, 4) is 11.1 Å². The second-order valence-electron chi connectivity index (χ2n) is 11.8. The van der Waals surface area contributed by atoms with Gasteiger partial charge in [0.1, 0.15) is 11.3 Å². The van der Waals surface area contributed by atoms with Gasteiger partial charge >= 0.3 is 0 Å². The van der Waals surface area contributed by atoms with Gasteiger partial charge in [0.2, 0.25) is 0 Å². The maximum absolute atomic E-state index is 15.6. The van der Waals surface area contributed by atoms with E-state index >= 15 is 4.39 Å². The number of benzene rings is 1. The predicted octanol–water partition coefficient (Wildman–Crippen LogP) is 6.98. The normalized spacial score (nSPS) is 15.8. The molecular weight excluding hydrogens is 503 g/mol. The molecule has 1 unspecified atom stereocenters. The maximum Gasteiger partial charge on any atom is 0.128 e. The molecule has 1 N–H and O–H groups in total. The summed E-state index contributed by atoms with van der Waals surface area (Å²) in [6.45, 7) is 9.19. The number of hydrogen-bond donors (Lipinski definition) is 1. The van der Waals surface area contributed by atoms with E-state index in [9.17, 15) is 5.11 Å². The van der Waals surface area contributed by atoms with Crippen molar-refractivity contribution in [3.63, 3.8) is 0 Å². The van der Waals surface area contributed by atoms with Gasteiger partial charge in [-0.05, 0) is 87.8 Å². The third-order valence-corrected chi connectivity index (χ3v) is 8.54. The molecule has 0 bridgehead atoms. The molecule has 1 fully saturated rings. The van der Waals surface area contributed by atoms with Crippen LogP contribution in [0.4, 0.5) is 4.39 Å². The van der Waals surface area contributed by atoms with Gasteiger partial charge in [0.15, 0.2) is 0 Å². The number of aliphatic hydroxyl groups is 1. The Morgan fingerprint density at radius 1 is 1.05 bits per heavy atom. The van der Waals surface area contributed by atoms with Gasteiger partial charge in [0.05, 0.1) is 33.9 Å². The first kappa shape index (κ1) is 26.7. The number of aromatic nitrogens is 4. The van der Waals surface area contributed by atoms with Crippen molar-refractivity contribution in [2.75, 3.05) is 13.2 Å². The van der Waals surface area contributed by atoms with Gasteiger partial charge in [-0.2, -0.15) is 0 Å². The Hall–Kier alpha value is -3.55. The predicted molar refractivity (Wildman–Crippen MR) is 157 cm³/mol. The van der Waals surface area contributed by atoms with Crippen molar-refractivity contribution in [2.45, 2.75) is 58.6 Å². The molecule has 7 heteroatoms. The summed E-state index contributed by atoms with van der Waals surface area (Å²) in [6.07, 6.45) is 8.38. The van der Waals surface area contributed by atoms with E-state index in [1.807, 2.05) is 42.3 Å². The summed E-state index contributed by atoms with van der Waals surface area (Å²) >= 11 is 0. The van der Waals surface area contributed by atoms with E-state index in [4.69, 9.17) is 9.72 Å². The summed E-state index contributed by atoms with van der Waals surface area (Å²) in [6, 6.07) is 11.1. The molecule has 5 heterocycles. The van der Waals surface area contributed by atoms with E-state index in [-0.39, 0.29) is 11.9 Å². The molecule has 1 atom stereocenters. The minimum absolute atomic E-state index is 0.210. The van der Waals surface area contributed by atoms with Crippen LogP contribution in [0.3, 0.4) is 0 Å². The average molecular weight is 541 g/mol. The minimum atomic E-state index is -1.05. The fourth-order valence-electron chi connectivity index (χ4n) is 6.63. The smallest absolute Gasteiger partial charge is 0.128 e. The van der Waals surface area contributed by atoms with Gasteiger partial charge in [-0.1, -0.05) is 18.2 Å². The van der Waals surface area contributed by atoms with Crippen molar-refractivity contribution in [2.24, 2.45) is 13.0 Å². The Balaban J connectivity index is 1.67. The second-order valence-corrected chi connectivity index (χ2v) is 11.8. The van der Waals surface area contributed by atoms with E-state index in [1.54, 1.807) is 26.0 Å². The molecule has 1 aliphatic rings. The first-order valence-electron chi connectivity index (χ1n) is 14.1. The van der Waals surface area contributed by atoms with Crippen LogP contribution < -0.4 is 0 Å². The number of rotatable bonds is 6. The van der Waals surface area contributed by atoms with Crippen LogP contribution in [0.2, 0.25) is 0 Å². The average Bonchev–Trinajstić information content (AvgIpc) is 3.42. The highest BCUT2D eigenvalue weighted by atomic mass is 19.1. The lowest BCUT2D eigenvalue weighted by atomic mass is 9.89. The summed E-state index contributed by atoms with van der Waals surface area (Å²) in [5, 5.41) is 11.0. The van der Waals surface area contributed by atoms with E-state index < -0.39 is 5.60 Å². The molecule has 0 amide bonds. The van der Waals surface area contributed by atoms with E-state index in [1.165, 1.54) is 0 Å². The van der Waals surface area contributed by atoms with Crippen molar-refractivity contribution in [1.29, 1.82) is 0 Å². The minimum Gasteiger partial charge on any atom is -0.384 e. The Morgan fingerprint density at radius 3 is 2.42 bits per heavy atom. The Bertz CT molecular complexity index is 1690. The number of aryl methyl sites for hydroxylation is 3. The quantitative estimate of drug-likeness (QED) is 0.252. The molecule has 1 aromatic carbocycles. The fourth-order valence-corrected chi connectivity index (χ4v) is 6.63. The summed E-state index contributed by atoms with van der Waals surface area (Å²) in [7, 11) is 1.97. The largest absolute Gasteiger partial charge is 0.384 e. The van der Waals surface area contributed by atoms with Crippen molar-refractivity contribution < 1.29 is 14.2 Å². The standard InChI is InChI=1S/C33H37FN4O2/c1-20-17-35-18-21(2)30(20)23-15-27-31(36-19-23)32-28(16-29(37(32)5)33(3,4)39)38(27)26(14-22-10-12-40-13-11-22)24-8-6-7-9-25(24)34/h6-9,15-19,22,26,39H,10-14H2,1-5H3. The highest BCUT2D eigenvalue weighted by Crippen LogP contribution is 2.42. The van der Waals surface area contributed by atoms with Crippen LogP contribution >= 0.6 is 0 Å². The van der Waals surface area contributed by atoms with Crippen LogP contribution in [0.25, 0.3) is 33.2 Å². The molecular formula is C33H37FN4O2. The SMILES string of the molecule is Cc1cncc(C)c1-c1cnc2c3c(cc(C(C)(C)O)n3C)n(C(CC3CCOCC3)c3ccccc3F)c2c1. The first-order valence-corrected chi connectivity index (χ1v) is 14.1. The molecule has 1 saturated heterocycles. The molecule has 0 radical (unpaired) electrons. The van der Waals surface area contributed by atoms with E-state index in [0.717, 1.165) is 82.5 Å². The lowest BCUT2D eigenvalue weighted by molar-refractivity contribution is 0.0608. The number of ether oxygens (including phenoxy) is 1. The van der Waals surface area contributed by atoms with Gasteiger partial charge in [-0.15, -0.1) is 0 Å². The van der Waals surface area contributed by atoms with Crippen LogP contribution in [-0.4, -0.2) is 37.4 Å². The van der Waals surface area contributed by atoms with Crippen molar-refractivity contribution in [1.82, 2.24) is 19.1 Å². The van der Waals surface area contributed by atoms with Gasteiger partial charge in [0, 0.05) is 50.0 Å². The molecule has 208 valence electrons. The zero-order valence-electron chi connectivity index (χ0n) is 23.9. The molecule has 0 spiro atoms. The van der Waals surface area contributed by atoms with Crippen molar-refractivity contribution >= 4 is 22.1 Å². The van der Waals surface area contributed by atoms with E-state index in [2.05, 4.69) is 35.5 Å². The Labute approximate surface area is 234 Å². The van der Waals surface area contributed by atoms with Crippen LogP contribution in [0.1, 0.15) is 61.5 Å². The molecule has 40 heavy (non-hydrogen) atoms. The Morgan fingerprint density at radius 2 is 1.75 bits per heavy atom. The van der Waals surface area contributed by atoms with Gasteiger partial charge in [0.25, 0.3) is 0 Å². The first-order chi connectivity index (χ1) is 19.1. The zero-order valence-corrected chi connectivity index (χ0v) is 23.9. The number of fused-ring (bicyclic) bond motifs is 3. The summed E-state index contributed by atoms with van der Waals surface area (Å²) < 4.78 is 25.6. The van der Waals surface area contributed by atoms with Gasteiger partial charge in [-0.25, -0.2) is 4.39 Å². The molecule has 6 nitrogen and oxygen atoms in total. The number of halogens is 1. The van der Waals surface area contributed by atoms with E-state index in [0.29, 0.717) is 11.5 Å². The number of hydrogen-bond acceptors (Lipinski definition) is 4. The van der Waals surface area contributed by atoms with Gasteiger partial charge in [-0.3, -0.25) is 9.97 Å². The summed E-state index contributed by atoms with van der Waals surface area (Å²) in [5.41, 5.74) is 8.39. The monoisotopic (exact) mass is 540 g/mol. The molecule has 0 aliphatic carbocycles. The van der Waals surface area contributed by atoms with Crippen LogP contribution in [0.5, 0.6) is 0 Å². The zero-order chi connectivity index (χ0) is 28.2. The topological polar surface area (TPSA) is 65.1 Å². The molecule has 5 aromatic rings. The molecule has 0 saturated carbocycles. The lowest BCUT2D eigenvalue weighted by Gasteiger charge is -2.29. The highest BCUT2D eigenvalue weighted by molar-refractivity contribution is 6.06. The maximum atomic E-state index is 15.6. The number of nitrogens with zero attached hydrogens (tertiary/aromatic N) is 4. The molecule has 1 aliphatic heterocycles. The Kier molecular flexibility index (Phi) is 6.75. The second kappa shape index (κ2) is 10.1. The van der Waals surface area contributed by atoms with Crippen LogP contribution in [0.15, 0.2) is 55.0 Å². The highest BCUT2D eigenvalue weighted by Gasteiger charge is 2.31. The van der Waals surface area contributed by atoms with Gasteiger partial charge < -0.3 is 19.0 Å². The number of pyridine rings is 2. The third-order valence-electron chi connectivity index (χ3n) is 8.54. The molecule has 4 aromatic heterocycles. The summed E-state index contributed by atoms with van der Waals surface area (Å²) in [5.74, 6) is 0.197. The third kappa shape index (κ3) is 4.51. The van der Waals surface area contributed by atoms with Crippen LogP contribution in [0, 0.1) is 25.6 Å². The van der Waals surface area contributed by atoms with Crippen LogP contribution in [-0.2, 0) is 17.4 Å².